The number of aromatic nitrogens is 4. The molecule has 5 rings (SSSR count). The molecule has 4 heterocycles. The number of nitrogens with zero attached hydrogens (tertiary/aromatic N) is 5. The van der Waals surface area contributed by atoms with Crippen molar-refractivity contribution in [3.63, 3.8) is 0 Å². The molecule has 0 radical (unpaired) electrons. The fraction of sp³-hybridized carbons (Fsp3) is 0.500. The van der Waals surface area contributed by atoms with Gasteiger partial charge in [0, 0.05) is 30.7 Å². The van der Waals surface area contributed by atoms with Gasteiger partial charge >= 0.3 is 0 Å². The normalized spacial score (nSPS) is 18.0. The van der Waals surface area contributed by atoms with Crippen LogP contribution in [-0.4, -0.2) is 44.6 Å². The molecule has 0 unspecified atom stereocenters. The lowest BCUT2D eigenvalue weighted by molar-refractivity contribution is 0.0900. The Bertz CT molecular complexity index is 1030. The number of piperidine rings is 1. The van der Waals surface area contributed by atoms with E-state index in [0.717, 1.165) is 54.2 Å². The molecule has 28 heavy (non-hydrogen) atoms. The molecule has 1 aliphatic carbocycles. The Balaban J connectivity index is 1.27. The Labute approximate surface area is 163 Å². The van der Waals surface area contributed by atoms with Crippen LogP contribution in [0.1, 0.15) is 53.6 Å². The average molecular weight is 380 g/mol. The standard InChI is InChI=1S/C20H24N6O2/c1-12-9-13(2)28-17(12)20(27)24-14-5-7-25(8-6-14)18-16-19(22-10-21-18)26(11-23-16)15-3-4-15/h9-11,14-15H,3-8H2,1-2H3,(H,24,27). The summed E-state index contributed by atoms with van der Waals surface area (Å²) in [4.78, 5) is 28.3. The van der Waals surface area contributed by atoms with Crippen LogP contribution in [0.2, 0.25) is 0 Å². The summed E-state index contributed by atoms with van der Waals surface area (Å²) in [7, 11) is 0. The second-order valence-corrected chi connectivity index (χ2v) is 7.86. The number of nitrogens with one attached hydrogen (secondary N) is 1. The van der Waals surface area contributed by atoms with Crippen LogP contribution in [0.15, 0.2) is 23.1 Å². The van der Waals surface area contributed by atoms with Crippen molar-refractivity contribution >= 4 is 22.9 Å². The number of anilines is 1. The minimum Gasteiger partial charge on any atom is -0.456 e. The molecule has 3 aromatic rings. The van der Waals surface area contributed by atoms with Gasteiger partial charge in [-0.1, -0.05) is 0 Å². The van der Waals surface area contributed by atoms with Gasteiger partial charge in [0.1, 0.15) is 12.1 Å². The topological polar surface area (TPSA) is 89.1 Å². The van der Waals surface area contributed by atoms with Crippen molar-refractivity contribution in [3.8, 4) is 0 Å². The summed E-state index contributed by atoms with van der Waals surface area (Å²) in [5.41, 5.74) is 2.67. The van der Waals surface area contributed by atoms with Crippen molar-refractivity contribution in [3.05, 3.63) is 35.8 Å². The molecule has 0 aromatic carbocycles. The molecule has 1 saturated carbocycles. The highest BCUT2D eigenvalue weighted by Gasteiger charge is 2.29. The number of amides is 1. The molecule has 0 bridgehead atoms. The van der Waals surface area contributed by atoms with Crippen LogP contribution < -0.4 is 10.2 Å². The largest absolute Gasteiger partial charge is 0.456 e. The molecule has 1 N–H and O–H groups in total. The van der Waals surface area contributed by atoms with Gasteiger partial charge < -0.3 is 19.2 Å². The van der Waals surface area contributed by atoms with E-state index in [4.69, 9.17) is 4.42 Å². The van der Waals surface area contributed by atoms with E-state index >= 15 is 0 Å². The molecule has 0 spiro atoms. The van der Waals surface area contributed by atoms with Crippen LogP contribution in [0.3, 0.4) is 0 Å². The SMILES string of the molecule is Cc1cc(C)c(C(=O)NC2CCN(c3ncnc4c3ncn4C3CC3)CC2)o1. The molecule has 1 aliphatic heterocycles. The fourth-order valence-electron chi connectivity index (χ4n) is 4.04. The number of aryl methyl sites for hydroxylation is 2. The summed E-state index contributed by atoms with van der Waals surface area (Å²) in [6, 6.07) is 2.57. The van der Waals surface area contributed by atoms with Crippen LogP contribution in [0.4, 0.5) is 5.82 Å². The second-order valence-electron chi connectivity index (χ2n) is 7.86. The van der Waals surface area contributed by atoms with E-state index in [1.807, 2.05) is 26.2 Å². The van der Waals surface area contributed by atoms with Crippen LogP contribution in [0.25, 0.3) is 11.2 Å². The Kier molecular flexibility index (Phi) is 4.07. The van der Waals surface area contributed by atoms with E-state index in [1.54, 1.807) is 6.33 Å². The molecule has 8 heteroatoms. The van der Waals surface area contributed by atoms with Gasteiger partial charge in [-0.2, -0.15) is 0 Å². The third-order valence-electron chi connectivity index (χ3n) is 5.66. The van der Waals surface area contributed by atoms with E-state index in [2.05, 4.69) is 29.7 Å². The third-order valence-corrected chi connectivity index (χ3v) is 5.66. The first kappa shape index (κ1) is 17.2. The van der Waals surface area contributed by atoms with E-state index < -0.39 is 0 Å². The molecule has 1 saturated heterocycles. The zero-order valence-corrected chi connectivity index (χ0v) is 16.2. The predicted octanol–water partition coefficient (Wildman–Crippen LogP) is 2.77. The van der Waals surface area contributed by atoms with Crippen molar-refractivity contribution < 1.29 is 9.21 Å². The van der Waals surface area contributed by atoms with Crippen molar-refractivity contribution in [2.24, 2.45) is 0 Å². The summed E-state index contributed by atoms with van der Waals surface area (Å²) >= 11 is 0. The second kappa shape index (κ2) is 6.61. The first-order valence-electron chi connectivity index (χ1n) is 9.90. The number of carbonyl (C=O) groups excluding carboxylic acids is 1. The summed E-state index contributed by atoms with van der Waals surface area (Å²) in [6.45, 7) is 5.40. The third kappa shape index (κ3) is 3.02. The number of hydrogen-bond acceptors (Lipinski definition) is 6. The van der Waals surface area contributed by atoms with Crippen molar-refractivity contribution in [2.45, 2.75) is 51.6 Å². The lowest BCUT2D eigenvalue weighted by atomic mass is 10.0. The molecule has 8 nitrogen and oxygen atoms in total. The van der Waals surface area contributed by atoms with Gasteiger partial charge in [-0.15, -0.1) is 0 Å². The first-order valence-corrected chi connectivity index (χ1v) is 9.90. The lowest BCUT2D eigenvalue weighted by Gasteiger charge is -2.33. The highest BCUT2D eigenvalue weighted by Crippen LogP contribution is 2.37. The molecule has 1 amide bonds. The highest BCUT2D eigenvalue weighted by atomic mass is 16.3. The molecular formula is C20H24N6O2. The maximum absolute atomic E-state index is 12.5. The molecule has 3 aromatic heterocycles. The van der Waals surface area contributed by atoms with Crippen LogP contribution in [0, 0.1) is 13.8 Å². The zero-order chi connectivity index (χ0) is 19.3. The number of furan rings is 1. The van der Waals surface area contributed by atoms with Gasteiger partial charge in [-0.3, -0.25) is 4.79 Å². The van der Waals surface area contributed by atoms with E-state index in [0.29, 0.717) is 11.8 Å². The molecule has 146 valence electrons. The van der Waals surface area contributed by atoms with Gasteiger partial charge in [0.05, 0.1) is 6.33 Å². The smallest absolute Gasteiger partial charge is 0.287 e. The summed E-state index contributed by atoms with van der Waals surface area (Å²) < 4.78 is 7.70. The van der Waals surface area contributed by atoms with Crippen LogP contribution in [0.5, 0.6) is 0 Å². The predicted molar refractivity (Wildman–Crippen MR) is 104 cm³/mol. The van der Waals surface area contributed by atoms with Crippen molar-refractivity contribution in [1.29, 1.82) is 0 Å². The Morgan fingerprint density at radius 3 is 2.61 bits per heavy atom. The first-order chi connectivity index (χ1) is 13.6. The number of fused-ring (bicyclic) bond motifs is 1. The molecule has 2 aliphatic rings. The average Bonchev–Trinajstić information content (AvgIpc) is 3.34. The molecule has 0 atom stereocenters. The van der Waals surface area contributed by atoms with Crippen LogP contribution in [-0.2, 0) is 0 Å². The maximum Gasteiger partial charge on any atom is 0.287 e. The van der Waals surface area contributed by atoms with E-state index in [1.165, 1.54) is 12.8 Å². The van der Waals surface area contributed by atoms with Crippen LogP contribution >= 0.6 is 0 Å². The maximum atomic E-state index is 12.5. The lowest BCUT2D eigenvalue weighted by Crippen LogP contribution is -2.45. The number of carbonyl (C=O) groups is 1. The van der Waals surface area contributed by atoms with Crippen molar-refractivity contribution in [1.82, 2.24) is 24.8 Å². The quantitative estimate of drug-likeness (QED) is 0.749. The summed E-state index contributed by atoms with van der Waals surface area (Å²) in [6.07, 6.45) is 7.64. The van der Waals surface area contributed by atoms with Crippen molar-refractivity contribution in [2.75, 3.05) is 18.0 Å². The van der Waals surface area contributed by atoms with Gasteiger partial charge in [-0.05, 0) is 45.6 Å². The summed E-state index contributed by atoms with van der Waals surface area (Å²) in [5, 5.41) is 3.11. The minimum atomic E-state index is -0.128. The fourth-order valence-corrected chi connectivity index (χ4v) is 4.04. The van der Waals surface area contributed by atoms with Gasteiger partial charge in [0.15, 0.2) is 22.7 Å². The monoisotopic (exact) mass is 380 g/mol. The highest BCUT2D eigenvalue weighted by molar-refractivity contribution is 5.93. The Morgan fingerprint density at radius 2 is 1.93 bits per heavy atom. The van der Waals surface area contributed by atoms with Gasteiger partial charge in [-0.25, -0.2) is 15.0 Å². The number of imidazole rings is 1. The van der Waals surface area contributed by atoms with E-state index in [9.17, 15) is 4.79 Å². The molecule has 2 fully saturated rings. The summed E-state index contributed by atoms with van der Waals surface area (Å²) in [5.74, 6) is 1.95. The number of hydrogen-bond donors (Lipinski definition) is 1. The van der Waals surface area contributed by atoms with Gasteiger partial charge in [0.25, 0.3) is 5.91 Å². The minimum absolute atomic E-state index is 0.128. The molecular weight excluding hydrogens is 356 g/mol. The Morgan fingerprint density at radius 1 is 1.14 bits per heavy atom. The zero-order valence-electron chi connectivity index (χ0n) is 16.2. The number of rotatable bonds is 4. The van der Waals surface area contributed by atoms with E-state index in [-0.39, 0.29) is 11.9 Å². The van der Waals surface area contributed by atoms with Gasteiger partial charge in [0.2, 0.25) is 0 Å². The Hall–Kier alpha value is -2.90.